The molecule has 0 aliphatic heterocycles. The van der Waals surface area contributed by atoms with Crippen LogP contribution in [0.4, 0.5) is 0 Å². The van der Waals surface area contributed by atoms with Gasteiger partial charge in [-0.2, -0.15) is 4.98 Å². The van der Waals surface area contributed by atoms with Crippen LogP contribution in [0.1, 0.15) is 31.6 Å². The third kappa shape index (κ3) is 2.45. The van der Waals surface area contributed by atoms with Gasteiger partial charge in [-0.1, -0.05) is 12.1 Å². The smallest absolute Gasteiger partial charge is 0.229 e. The van der Waals surface area contributed by atoms with Crippen LogP contribution in [-0.4, -0.2) is 21.7 Å². The van der Waals surface area contributed by atoms with Gasteiger partial charge in [0.2, 0.25) is 11.7 Å². The summed E-state index contributed by atoms with van der Waals surface area (Å²) in [4.78, 5) is 8.47. The van der Waals surface area contributed by atoms with Crippen LogP contribution in [0.15, 0.2) is 15.4 Å². The highest BCUT2D eigenvalue weighted by molar-refractivity contribution is 7.07. The fourth-order valence-electron chi connectivity index (χ4n) is 1.41. The van der Waals surface area contributed by atoms with E-state index in [0.717, 1.165) is 18.5 Å². The van der Waals surface area contributed by atoms with Crippen LogP contribution in [0.2, 0.25) is 0 Å². The molecule has 2 rings (SSSR count). The van der Waals surface area contributed by atoms with E-state index in [1.165, 1.54) is 11.3 Å². The molecule has 16 heavy (non-hydrogen) atoms. The molecule has 0 aliphatic carbocycles. The van der Waals surface area contributed by atoms with Gasteiger partial charge in [-0.25, -0.2) is 4.98 Å². The van der Waals surface area contributed by atoms with E-state index in [0.29, 0.717) is 18.3 Å². The molecule has 2 aromatic heterocycles. The summed E-state index contributed by atoms with van der Waals surface area (Å²) in [6.45, 7) is 2.76. The molecule has 1 atom stereocenters. The van der Waals surface area contributed by atoms with Crippen molar-refractivity contribution < 1.29 is 4.52 Å². The molecule has 2 N–H and O–H groups in total. The molecule has 2 aromatic rings. The van der Waals surface area contributed by atoms with E-state index in [-0.39, 0.29) is 5.92 Å². The number of hydrogen-bond donors (Lipinski definition) is 1. The maximum absolute atomic E-state index is 5.46. The molecule has 0 saturated carbocycles. The largest absolute Gasteiger partial charge is 0.339 e. The Kier molecular flexibility index (Phi) is 3.63. The minimum absolute atomic E-state index is 0.253. The molecular formula is C10H14N4OS. The van der Waals surface area contributed by atoms with Crippen molar-refractivity contribution in [3.8, 4) is 11.5 Å². The van der Waals surface area contributed by atoms with Crippen LogP contribution in [0, 0.1) is 0 Å². The predicted molar refractivity (Wildman–Crippen MR) is 62.1 cm³/mol. The van der Waals surface area contributed by atoms with Crippen LogP contribution in [0.3, 0.4) is 0 Å². The molecule has 0 radical (unpaired) electrons. The summed E-state index contributed by atoms with van der Waals surface area (Å²) < 4.78 is 5.21. The Balaban J connectivity index is 2.07. The van der Waals surface area contributed by atoms with Crippen molar-refractivity contribution >= 4 is 11.3 Å². The highest BCUT2D eigenvalue weighted by atomic mass is 32.1. The van der Waals surface area contributed by atoms with Crippen LogP contribution in [0.25, 0.3) is 11.5 Å². The Morgan fingerprint density at radius 2 is 2.44 bits per heavy atom. The first-order chi connectivity index (χ1) is 7.81. The van der Waals surface area contributed by atoms with Gasteiger partial charge in [-0.15, -0.1) is 11.3 Å². The fourth-order valence-corrected chi connectivity index (χ4v) is 1.94. The molecule has 2 heterocycles. The Bertz CT molecular complexity index is 426. The van der Waals surface area contributed by atoms with Gasteiger partial charge < -0.3 is 10.3 Å². The lowest BCUT2D eigenvalue weighted by Gasteiger charge is -2.03. The van der Waals surface area contributed by atoms with Crippen LogP contribution < -0.4 is 5.73 Å². The van der Waals surface area contributed by atoms with Gasteiger partial charge in [-0.3, -0.25) is 0 Å². The van der Waals surface area contributed by atoms with Crippen molar-refractivity contribution in [2.45, 2.75) is 25.7 Å². The number of thiazole rings is 1. The Morgan fingerprint density at radius 1 is 1.56 bits per heavy atom. The Hall–Kier alpha value is -1.27. The van der Waals surface area contributed by atoms with Gasteiger partial charge in [0.25, 0.3) is 0 Å². The van der Waals surface area contributed by atoms with Gasteiger partial charge in [0.1, 0.15) is 5.69 Å². The van der Waals surface area contributed by atoms with E-state index in [4.69, 9.17) is 10.3 Å². The minimum atomic E-state index is 0.253. The lowest BCUT2D eigenvalue weighted by Crippen LogP contribution is -2.02. The number of aromatic nitrogens is 3. The summed E-state index contributed by atoms with van der Waals surface area (Å²) in [6, 6.07) is 0. The zero-order valence-electron chi connectivity index (χ0n) is 9.09. The molecule has 1 unspecified atom stereocenters. The van der Waals surface area contributed by atoms with Gasteiger partial charge in [0.15, 0.2) is 0 Å². The first-order valence-corrected chi connectivity index (χ1v) is 6.17. The Morgan fingerprint density at radius 3 is 3.12 bits per heavy atom. The summed E-state index contributed by atoms with van der Waals surface area (Å²) in [6.07, 6.45) is 1.94. The highest BCUT2D eigenvalue weighted by Crippen LogP contribution is 2.22. The Labute approximate surface area is 97.7 Å². The lowest BCUT2D eigenvalue weighted by molar-refractivity contribution is 0.352. The zero-order chi connectivity index (χ0) is 11.4. The van der Waals surface area contributed by atoms with Crippen LogP contribution >= 0.6 is 11.3 Å². The zero-order valence-corrected chi connectivity index (χ0v) is 9.91. The predicted octanol–water partition coefficient (Wildman–Crippen LogP) is 2.04. The van der Waals surface area contributed by atoms with Crippen LogP contribution in [-0.2, 0) is 0 Å². The van der Waals surface area contributed by atoms with E-state index in [2.05, 4.69) is 22.0 Å². The SMILES string of the molecule is CC(CCCN)c1nc(-c2cscn2)no1. The third-order valence-electron chi connectivity index (χ3n) is 2.37. The molecule has 86 valence electrons. The maximum Gasteiger partial charge on any atom is 0.229 e. The summed E-state index contributed by atoms with van der Waals surface area (Å²) in [5, 5.41) is 5.82. The van der Waals surface area contributed by atoms with Crippen molar-refractivity contribution in [2.75, 3.05) is 6.54 Å². The quantitative estimate of drug-likeness (QED) is 0.862. The second kappa shape index (κ2) is 5.18. The highest BCUT2D eigenvalue weighted by Gasteiger charge is 2.15. The second-order valence-corrected chi connectivity index (χ2v) is 4.38. The average molecular weight is 238 g/mol. The summed E-state index contributed by atoms with van der Waals surface area (Å²) in [7, 11) is 0. The van der Waals surface area contributed by atoms with Gasteiger partial charge in [-0.05, 0) is 19.4 Å². The second-order valence-electron chi connectivity index (χ2n) is 3.66. The average Bonchev–Trinajstić information content (AvgIpc) is 2.94. The molecule has 0 aromatic carbocycles. The van der Waals surface area contributed by atoms with Crippen molar-refractivity contribution in [1.29, 1.82) is 0 Å². The van der Waals surface area contributed by atoms with E-state index in [1.807, 2.05) is 5.38 Å². The standard InChI is InChI=1S/C10H14N4OS/c1-7(3-2-4-11)10-13-9(14-15-10)8-5-16-6-12-8/h5-7H,2-4,11H2,1H3. The molecule has 0 aliphatic rings. The molecule has 0 saturated heterocycles. The van der Waals surface area contributed by atoms with Gasteiger partial charge in [0, 0.05) is 11.3 Å². The van der Waals surface area contributed by atoms with Crippen molar-refractivity contribution in [2.24, 2.45) is 5.73 Å². The molecule has 5 nitrogen and oxygen atoms in total. The van der Waals surface area contributed by atoms with E-state index < -0.39 is 0 Å². The molecule has 0 fully saturated rings. The maximum atomic E-state index is 5.46. The van der Waals surface area contributed by atoms with E-state index >= 15 is 0 Å². The van der Waals surface area contributed by atoms with Crippen molar-refractivity contribution in [3.05, 3.63) is 16.8 Å². The van der Waals surface area contributed by atoms with Crippen LogP contribution in [0.5, 0.6) is 0 Å². The molecule has 0 bridgehead atoms. The van der Waals surface area contributed by atoms with Crippen molar-refractivity contribution in [3.63, 3.8) is 0 Å². The van der Waals surface area contributed by atoms with Crippen molar-refractivity contribution in [1.82, 2.24) is 15.1 Å². The van der Waals surface area contributed by atoms with E-state index in [9.17, 15) is 0 Å². The number of nitrogens with two attached hydrogens (primary N) is 1. The van der Waals surface area contributed by atoms with Gasteiger partial charge >= 0.3 is 0 Å². The summed E-state index contributed by atoms with van der Waals surface area (Å²) in [5.41, 5.74) is 7.98. The van der Waals surface area contributed by atoms with Gasteiger partial charge in [0.05, 0.1) is 5.51 Å². The molecular weight excluding hydrogens is 224 g/mol. The molecule has 0 amide bonds. The number of hydrogen-bond acceptors (Lipinski definition) is 6. The van der Waals surface area contributed by atoms with E-state index in [1.54, 1.807) is 5.51 Å². The first-order valence-electron chi connectivity index (χ1n) is 5.23. The fraction of sp³-hybridized carbons (Fsp3) is 0.500. The molecule has 6 heteroatoms. The summed E-state index contributed by atoms with van der Waals surface area (Å²) >= 11 is 1.52. The first kappa shape index (κ1) is 11.2. The monoisotopic (exact) mass is 238 g/mol. The topological polar surface area (TPSA) is 77.8 Å². The normalized spacial score (nSPS) is 12.9. The minimum Gasteiger partial charge on any atom is -0.339 e. The molecule has 0 spiro atoms. The summed E-state index contributed by atoms with van der Waals surface area (Å²) in [5.74, 6) is 1.48. The lowest BCUT2D eigenvalue weighted by atomic mass is 10.1. The third-order valence-corrected chi connectivity index (χ3v) is 2.95. The number of nitrogens with zero attached hydrogens (tertiary/aromatic N) is 3. The number of rotatable bonds is 5.